The molecule has 1 saturated heterocycles. The first-order valence-corrected chi connectivity index (χ1v) is 11.8. The smallest absolute Gasteiger partial charge is 0.407 e. The van der Waals surface area contributed by atoms with Gasteiger partial charge in [-0.1, -0.05) is 60.1 Å². The van der Waals surface area contributed by atoms with E-state index in [1.54, 1.807) is 13.8 Å². The fraction of sp³-hybridized carbons (Fsp3) is 0.680. The van der Waals surface area contributed by atoms with Gasteiger partial charge in [-0.2, -0.15) is 0 Å². The maximum atomic E-state index is 15.5. The molecular formula is C25H36ClFN2O5. The van der Waals surface area contributed by atoms with Gasteiger partial charge in [0.2, 0.25) is 0 Å². The molecule has 34 heavy (non-hydrogen) atoms. The molecule has 0 spiro atoms. The van der Waals surface area contributed by atoms with E-state index in [0.717, 1.165) is 6.07 Å². The molecule has 7 nitrogen and oxygen atoms in total. The summed E-state index contributed by atoms with van der Waals surface area (Å²) >= 11 is 6.12. The third kappa shape index (κ3) is 4.53. The number of carbonyl (C=O) groups is 3. The molecule has 0 aromatic carbocycles. The Morgan fingerprint density at radius 3 is 2.18 bits per heavy atom. The van der Waals surface area contributed by atoms with Crippen molar-refractivity contribution in [2.75, 3.05) is 6.54 Å². The van der Waals surface area contributed by atoms with Crippen molar-refractivity contribution in [2.45, 2.75) is 80.2 Å². The Hall–Kier alpha value is -2.22. The zero-order valence-corrected chi connectivity index (χ0v) is 22.0. The molecule has 1 aromatic heterocycles. The van der Waals surface area contributed by atoms with Crippen LogP contribution in [0.3, 0.4) is 0 Å². The van der Waals surface area contributed by atoms with Crippen molar-refractivity contribution in [3.05, 3.63) is 28.3 Å². The van der Waals surface area contributed by atoms with Crippen molar-refractivity contribution in [3.8, 4) is 0 Å². The molecule has 1 aliphatic rings. The van der Waals surface area contributed by atoms with Crippen LogP contribution in [0.1, 0.15) is 84.3 Å². The van der Waals surface area contributed by atoms with E-state index in [1.165, 1.54) is 4.90 Å². The Morgan fingerprint density at radius 2 is 1.76 bits per heavy atom. The number of ketones is 1. The molecule has 1 unspecified atom stereocenters. The molecule has 9 heteroatoms. The van der Waals surface area contributed by atoms with Gasteiger partial charge in [0.15, 0.2) is 11.6 Å². The first-order chi connectivity index (χ1) is 15.3. The molecular weight excluding hydrogens is 463 g/mol. The molecule has 1 amide bonds. The van der Waals surface area contributed by atoms with Crippen LogP contribution in [-0.2, 0) is 11.2 Å². The van der Waals surface area contributed by atoms with E-state index in [-0.39, 0.29) is 42.2 Å². The predicted molar refractivity (Wildman–Crippen MR) is 128 cm³/mol. The largest absolute Gasteiger partial charge is 0.481 e. The van der Waals surface area contributed by atoms with Crippen LogP contribution in [0.5, 0.6) is 0 Å². The maximum Gasteiger partial charge on any atom is 0.407 e. The van der Waals surface area contributed by atoms with Crippen LogP contribution < -0.4 is 0 Å². The zero-order chi connectivity index (χ0) is 26.4. The number of nitrogens with zero attached hydrogens (tertiary/aromatic N) is 2. The van der Waals surface area contributed by atoms with Gasteiger partial charge in [-0.3, -0.25) is 9.59 Å². The zero-order valence-electron chi connectivity index (χ0n) is 21.3. The lowest BCUT2D eigenvalue weighted by atomic mass is 9.47. The topological polar surface area (TPSA) is 108 Å². The Balaban J connectivity index is 2.87. The number of Topliss-reactive ketones (excluding diaryl/α,β-unsaturated/α-hetero) is 1. The monoisotopic (exact) mass is 498 g/mol. The number of carbonyl (C=O) groups excluding carboxylic acids is 1. The number of likely N-dealkylation sites (tertiary alicyclic amines) is 1. The Morgan fingerprint density at radius 1 is 1.21 bits per heavy atom. The summed E-state index contributed by atoms with van der Waals surface area (Å²) < 4.78 is 15.5. The molecule has 1 aliphatic heterocycles. The first-order valence-electron chi connectivity index (χ1n) is 11.5. The summed E-state index contributed by atoms with van der Waals surface area (Å²) in [5, 5.41) is 20.7. The Labute approximate surface area is 205 Å². The highest BCUT2D eigenvalue weighted by atomic mass is 35.5. The van der Waals surface area contributed by atoms with Gasteiger partial charge in [-0.25, -0.2) is 14.2 Å². The molecule has 0 radical (unpaired) electrons. The standard InChI is InChI=1S/C25H36ClFN2O5/c1-9-16(30)14-12-17(26)28-15(18(14)27)13-25(20(31)32)10-11-29(21(33)34)24(8,23(5,6)7)19(25)22(2,3)4/h12,19H,9-11,13H2,1-8H3,(H,31,32)(H,33,34)/t19?,24-,25-/m1/s1. The molecule has 3 atom stereocenters. The number of aromatic nitrogens is 1. The average molecular weight is 499 g/mol. The summed E-state index contributed by atoms with van der Waals surface area (Å²) in [4.78, 5) is 43.1. The predicted octanol–water partition coefficient (Wildman–Crippen LogP) is 5.93. The summed E-state index contributed by atoms with van der Waals surface area (Å²) in [5.74, 6) is -3.22. The van der Waals surface area contributed by atoms with Gasteiger partial charge in [-0.05, 0) is 30.2 Å². The summed E-state index contributed by atoms with van der Waals surface area (Å²) in [5.41, 5.74) is -4.44. The molecule has 0 bridgehead atoms. The van der Waals surface area contributed by atoms with E-state index in [9.17, 15) is 24.6 Å². The normalized spacial score (nSPS) is 25.8. The minimum absolute atomic E-state index is 0.0348. The number of hydrogen-bond donors (Lipinski definition) is 2. The maximum absolute atomic E-state index is 15.5. The number of carboxylic acid groups (broad SMARTS) is 2. The summed E-state index contributed by atoms with van der Waals surface area (Å²) in [6, 6.07) is 1.16. The lowest BCUT2D eigenvalue weighted by Gasteiger charge is -2.64. The molecule has 2 rings (SSSR count). The number of halogens is 2. The van der Waals surface area contributed by atoms with Gasteiger partial charge in [0.1, 0.15) is 5.15 Å². The molecule has 1 aromatic rings. The number of carboxylic acids is 1. The number of amides is 1. The lowest BCUT2D eigenvalue weighted by Crippen LogP contribution is -2.72. The van der Waals surface area contributed by atoms with Crippen molar-refractivity contribution < 1.29 is 29.0 Å². The van der Waals surface area contributed by atoms with Gasteiger partial charge in [0, 0.05) is 25.3 Å². The third-order valence-corrected chi connectivity index (χ3v) is 7.79. The highest BCUT2D eigenvalue weighted by Crippen LogP contribution is 2.60. The molecule has 0 aliphatic carbocycles. The number of rotatable bonds is 5. The van der Waals surface area contributed by atoms with Crippen molar-refractivity contribution in [1.29, 1.82) is 0 Å². The van der Waals surface area contributed by atoms with Crippen LogP contribution in [0.15, 0.2) is 6.07 Å². The van der Waals surface area contributed by atoms with Gasteiger partial charge in [-0.15, -0.1) is 0 Å². The van der Waals surface area contributed by atoms with Crippen LogP contribution in [0, 0.1) is 28.0 Å². The van der Waals surface area contributed by atoms with Crippen LogP contribution in [-0.4, -0.2) is 50.0 Å². The van der Waals surface area contributed by atoms with Gasteiger partial charge in [0.05, 0.1) is 22.2 Å². The molecule has 190 valence electrons. The quantitative estimate of drug-likeness (QED) is 0.384. The second-order valence-electron chi connectivity index (χ2n) is 11.5. The number of hydrogen-bond acceptors (Lipinski definition) is 4. The number of piperidine rings is 1. The van der Waals surface area contributed by atoms with E-state index in [0.29, 0.717) is 0 Å². The number of pyridine rings is 1. The first kappa shape index (κ1) is 28.0. The van der Waals surface area contributed by atoms with E-state index in [4.69, 9.17) is 11.6 Å². The van der Waals surface area contributed by atoms with E-state index >= 15 is 4.39 Å². The summed E-state index contributed by atoms with van der Waals surface area (Å²) in [6.45, 7) is 14.6. The van der Waals surface area contributed by atoms with Crippen molar-refractivity contribution in [3.63, 3.8) is 0 Å². The molecule has 2 N–H and O–H groups in total. The van der Waals surface area contributed by atoms with Gasteiger partial charge >= 0.3 is 12.1 Å². The van der Waals surface area contributed by atoms with Crippen molar-refractivity contribution in [1.82, 2.24) is 9.88 Å². The van der Waals surface area contributed by atoms with Gasteiger partial charge in [0.25, 0.3) is 0 Å². The average Bonchev–Trinajstić information content (AvgIpc) is 2.67. The van der Waals surface area contributed by atoms with Crippen molar-refractivity contribution in [2.24, 2.45) is 22.2 Å². The number of aliphatic carboxylic acids is 1. The minimum Gasteiger partial charge on any atom is -0.481 e. The third-order valence-electron chi connectivity index (χ3n) is 7.60. The summed E-state index contributed by atoms with van der Waals surface area (Å²) in [6.07, 6.45) is -1.43. The highest BCUT2D eigenvalue weighted by Gasteiger charge is 2.66. The molecule has 2 heterocycles. The second-order valence-corrected chi connectivity index (χ2v) is 11.9. The highest BCUT2D eigenvalue weighted by molar-refractivity contribution is 6.29. The van der Waals surface area contributed by atoms with Crippen LogP contribution >= 0.6 is 11.6 Å². The van der Waals surface area contributed by atoms with Crippen LogP contribution in [0.2, 0.25) is 5.15 Å². The van der Waals surface area contributed by atoms with Crippen LogP contribution in [0.25, 0.3) is 0 Å². The SMILES string of the molecule is CCC(=O)c1cc(Cl)nc(C[C@]2(C(=O)O)CCN(C(=O)O)[C@@](C)(C(C)(C)C)C2C(C)(C)C)c1F. The van der Waals surface area contributed by atoms with E-state index < -0.39 is 51.4 Å². The second kappa shape index (κ2) is 9.10. The van der Waals surface area contributed by atoms with Crippen LogP contribution in [0.4, 0.5) is 9.18 Å². The minimum atomic E-state index is -1.56. The van der Waals surface area contributed by atoms with Gasteiger partial charge < -0.3 is 15.1 Å². The van der Waals surface area contributed by atoms with Crippen molar-refractivity contribution >= 4 is 29.4 Å². The van der Waals surface area contributed by atoms with E-state index in [1.807, 2.05) is 41.5 Å². The Kier molecular flexibility index (Phi) is 7.50. The molecule has 1 fully saturated rings. The lowest BCUT2D eigenvalue weighted by molar-refractivity contribution is -0.188. The molecule has 0 saturated carbocycles. The fourth-order valence-corrected chi connectivity index (χ4v) is 6.25. The fourth-order valence-electron chi connectivity index (χ4n) is 6.04. The van der Waals surface area contributed by atoms with E-state index in [2.05, 4.69) is 4.98 Å². The summed E-state index contributed by atoms with van der Waals surface area (Å²) in [7, 11) is 0. The Bertz CT molecular complexity index is 1000.